The Balaban J connectivity index is 0.00000240. The van der Waals surface area contributed by atoms with E-state index in [0.717, 1.165) is 0 Å². The summed E-state index contributed by atoms with van der Waals surface area (Å²) < 4.78 is 1.18. The van der Waals surface area contributed by atoms with E-state index < -0.39 is 42.6 Å². The molecular weight excluding hydrogens is 1310 g/mol. The average Bonchev–Trinajstić information content (AvgIpc) is 1.55. The van der Waals surface area contributed by atoms with Crippen LogP contribution in [0.25, 0.3) is 83.9 Å². The van der Waals surface area contributed by atoms with Gasteiger partial charge in [-0.05, 0) is 0 Å². The predicted octanol–water partition coefficient (Wildman–Crippen LogP) is 27.7. The second-order valence-electron chi connectivity index (χ2n) is 30.2. The first kappa shape index (κ1) is 64.7. The number of hydrogen-bond donors (Lipinski definition) is 0. The van der Waals surface area contributed by atoms with Crippen LogP contribution in [-0.2, 0) is 42.6 Å². The van der Waals surface area contributed by atoms with Gasteiger partial charge in [-0.25, -0.2) is 0 Å². The van der Waals surface area contributed by atoms with E-state index in [0.29, 0.717) is 10.9 Å². The van der Waals surface area contributed by atoms with E-state index in [1.54, 1.807) is 33.4 Å². The third kappa shape index (κ3) is 13.5. The van der Waals surface area contributed by atoms with E-state index >= 15 is 0 Å². The molecule has 0 aromatic heterocycles. The quantitative estimate of drug-likeness (QED) is 0.114. The Morgan fingerprint density at radius 1 is 0.304 bits per heavy atom. The molecule has 469 valence electrons. The van der Waals surface area contributed by atoms with Gasteiger partial charge in [-0.2, -0.15) is 0 Å². The number of allylic oxidation sites excluding steroid dienone is 3. The van der Waals surface area contributed by atoms with Gasteiger partial charge in [0.2, 0.25) is 0 Å². The third-order valence-electron chi connectivity index (χ3n) is 23.5. The Bertz CT molecular complexity index is 4000. The van der Waals surface area contributed by atoms with Crippen LogP contribution in [0, 0.1) is 16.2 Å². The van der Waals surface area contributed by atoms with Crippen molar-refractivity contribution in [3.8, 4) is 33.4 Å². The van der Waals surface area contributed by atoms with Crippen molar-refractivity contribution in [1.82, 2.24) is 0 Å². The summed E-state index contributed by atoms with van der Waals surface area (Å²) in [6.07, 6.45) is 42.2. The number of benzene rings is 9. The molecule has 0 aliphatic heterocycles. The number of hydrogen-bond acceptors (Lipinski definition) is 0. The summed E-state index contributed by atoms with van der Waals surface area (Å²) in [5.41, 5.74) is 24.2. The molecule has 0 bridgehead atoms. The molecular formula is C88H95Cl2Zr2. The Labute approximate surface area is 578 Å². The van der Waals surface area contributed by atoms with Crippen molar-refractivity contribution in [1.29, 1.82) is 0 Å². The van der Waals surface area contributed by atoms with E-state index in [4.69, 9.17) is 17.0 Å². The molecule has 4 heteroatoms. The molecule has 0 spiro atoms. The van der Waals surface area contributed by atoms with Crippen LogP contribution in [0.3, 0.4) is 0 Å². The third-order valence-corrected chi connectivity index (χ3v) is 33.5. The second kappa shape index (κ2) is 29.0. The summed E-state index contributed by atoms with van der Waals surface area (Å²) in [5.74, 6) is 0. The molecule has 3 unspecified atom stereocenters. The average molecular weight is 1410 g/mol. The minimum atomic E-state index is -3.42. The van der Waals surface area contributed by atoms with Crippen molar-refractivity contribution in [2.45, 2.75) is 192 Å². The second-order valence-corrected chi connectivity index (χ2v) is 40.6. The monoisotopic (exact) mass is 1400 g/mol. The molecule has 6 aliphatic carbocycles. The molecule has 0 nitrogen and oxygen atoms in total. The standard InChI is InChI=1S/C30H33.2C29H31.2ClH.2Zr/c1-30(18-8-4-2-3-5-9-19-30)22-23-20-25-14-11-17-28(29(25)21-23)27-16-10-13-24-12-6-7-15-26(24)27;2*1-29(17-7-3-2-4-8-18-29)21-22-19-24-13-10-16-27(28(24)20-22)26-15-9-12-23-11-5-6-14-25(23)26;;;;/h6-7,10-17,20-21H,2-5,8-9,18-19,22H2,1H3;2*5-6,9-16,19-20H,2-4,7-8,17-18,21H2,1H3;2*1H;;/q;;;;;;+2/p-2. The normalized spacial score (nSPS) is 21.1. The molecule has 0 amide bonds. The molecule has 6 aliphatic rings. The van der Waals surface area contributed by atoms with Crippen molar-refractivity contribution in [2.75, 3.05) is 0 Å². The molecule has 0 heterocycles. The van der Waals surface area contributed by atoms with Crippen LogP contribution in [0.4, 0.5) is 0 Å². The maximum absolute atomic E-state index is 4.93. The zero-order valence-electron chi connectivity index (χ0n) is 55.2. The van der Waals surface area contributed by atoms with Crippen LogP contribution in [0.5, 0.6) is 0 Å². The fourth-order valence-electron chi connectivity index (χ4n) is 19.1. The Morgan fingerprint density at radius 3 is 0.815 bits per heavy atom. The van der Waals surface area contributed by atoms with Gasteiger partial charge in [0.15, 0.2) is 0 Å². The first-order chi connectivity index (χ1) is 45.1. The van der Waals surface area contributed by atoms with E-state index in [2.05, 4.69) is 221 Å². The molecule has 3 saturated carbocycles. The molecule has 9 aromatic rings. The van der Waals surface area contributed by atoms with Gasteiger partial charge in [0.05, 0.1) is 0 Å². The zero-order valence-corrected chi connectivity index (χ0v) is 61.6. The van der Waals surface area contributed by atoms with Crippen LogP contribution in [0.1, 0.15) is 226 Å². The van der Waals surface area contributed by atoms with Crippen LogP contribution in [0.15, 0.2) is 199 Å². The molecule has 92 heavy (non-hydrogen) atoms. The van der Waals surface area contributed by atoms with E-state index in [9.17, 15) is 0 Å². The maximum atomic E-state index is 4.93. The van der Waals surface area contributed by atoms with Gasteiger partial charge in [0.25, 0.3) is 0 Å². The molecule has 0 radical (unpaired) electrons. The summed E-state index contributed by atoms with van der Waals surface area (Å²) in [6, 6.07) is 72.2. The van der Waals surface area contributed by atoms with E-state index in [-0.39, 0.29) is 16.2 Å². The fourth-order valence-corrected chi connectivity index (χ4v) is 30.6. The van der Waals surface area contributed by atoms with E-state index in [1.165, 1.54) is 243 Å². The Morgan fingerprint density at radius 2 is 0.533 bits per heavy atom. The van der Waals surface area contributed by atoms with Crippen LogP contribution in [-0.4, -0.2) is 0 Å². The summed E-state index contributed by atoms with van der Waals surface area (Å²) in [6.45, 7) is 8.26. The zero-order chi connectivity index (χ0) is 62.7. The number of halogens is 2. The van der Waals surface area contributed by atoms with Gasteiger partial charge in [-0.15, -0.1) is 0 Å². The molecule has 0 saturated heterocycles. The fraction of sp³-hybridized carbons (Fsp3) is 0.386. The van der Waals surface area contributed by atoms with Crippen molar-refractivity contribution in [3.63, 3.8) is 0 Å². The van der Waals surface area contributed by atoms with Gasteiger partial charge in [-0.3, -0.25) is 0 Å². The van der Waals surface area contributed by atoms with Gasteiger partial charge in [0.1, 0.15) is 0 Å². The topological polar surface area (TPSA) is 0 Å². The van der Waals surface area contributed by atoms with Crippen molar-refractivity contribution in [2.24, 2.45) is 16.2 Å². The molecule has 3 fully saturated rings. The first-order valence-corrected chi connectivity index (χ1v) is 46.5. The van der Waals surface area contributed by atoms with E-state index in [1.807, 2.05) is 0 Å². The molecule has 15 rings (SSSR count). The summed E-state index contributed by atoms with van der Waals surface area (Å²) in [7, 11) is 9.87. The number of rotatable bonds is 12. The Kier molecular flexibility index (Phi) is 20.3. The van der Waals surface area contributed by atoms with Crippen LogP contribution >= 0.6 is 17.0 Å². The molecule has 9 aromatic carbocycles. The van der Waals surface area contributed by atoms with Crippen molar-refractivity contribution < 1.29 is 42.6 Å². The molecule has 3 atom stereocenters. The van der Waals surface area contributed by atoms with Gasteiger partial charge in [0, 0.05) is 0 Å². The number of fused-ring (bicyclic) bond motifs is 6. The Hall–Kier alpha value is -4.67. The SMILES string of the molecule is CC1(CC2=Cc3c(-c4cccc5ccccc45)cccc3[CH]2[Zr]([CH]2C(CC3(C)CCCCCCC3)=Cc3c(-c4cccc5ccccc45)cccc32)[CH]2C(CC3(C)CCCCCCC3)=Cc3c(-c4cccc5ccccc45)cccc32)CCCCCCCC1.[Cl][Zr][Cl]. The van der Waals surface area contributed by atoms with Crippen LogP contribution < -0.4 is 0 Å². The van der Waals surface area contributed by atoms with Crippen molar-refractivity contribution in [3.05, 3.63) is 232 Å². The molecule has 0 N–H and O–H groups in total. The van der Waals surface area contributed by atoms with Gasteiger partial charge < -0.3 is 0 Å². The summed E-state index contributed by atoms with van der Waals surface area (Å²) >= 11 is -4.24. The predicted molar refractivity (Wildman–Crippen MR) is 392 cm³/mol. The first-order valence-electron chi connectivity index (χ1n) is 35.9. The van der Waals surface area contributed by atoms with Gasteiger partial charge in [-0.1, -0.05) is 0 Å². The van der Waals surface area contributed by atoms with Gasteiger partial charge >= 0.3 is 584 Å². The summed E-state index contributed by atoms with van der Waals surface area (Å²) in [4.78, 5) is 0. The van der Waals surface area contributed by atoms with Crippen molar-refractivity contribution >= 4 is 67.6 Å². The minimum absolute atomic E-state index is 0.241. The summed E-state index contributed by atoms with van der Waals surface area (Å²) in [5, 5.41) is 8.11. The van der Waals surface area contributed by atoms with Crippen LogP contribution in [0.2, 0.25) is 0 Å².